The standard InChI is InChI=1S/C7H9N5S/c1-4-6(13-11-8-4)7-10-9-5(2)12(7)3/h1-3H3. The van der Waals surface area contributed by atoms with Gasteiger partial charge < -0.3 is 4.57 Å². The SMILES string of the molecule is Cc1nnsc1-c1nnc(C)n1C. The fourth-order valence-corrected chi connectivity index (χ4v) is 1.72. The van der Waals surface area contributed by atoms with Crippen molar-refractivity contribution in [3.8, 4) is 10.7 Å². The van der Waals surface area contributed by atoms with E-state index in [2.05, 4.69) is 19.8 Å². The van der Waals surface area contributed by atoms with Crippen molar-refractivity contribution in [2.75, 3.05) is 0 Å². The molecule has 0 aliphatic rings. The Hall–Kier alpha value is -1.30. The summed E-state index contributed by atoms with van der Waals surface area (Å²) in [5, 5.41) is 12.0. The second kappa shape index (κ2) is 2.88. The first kappa shape index (κ1) is 8.31. The van der Waals surface area contributed by atoms with E-state index in [1.165, 1.54) is 11.5 Å². The van der Waals surface area contributed by atoms with Crippen molar-refractivity contribution in [3.05, 3.63) is 11.5 Å². The smallest absolute Gasteiger partial charge is 0.177 e. The maximum atomic E-state index is 4.06. The van der Waals surface area contributed by atoms with Crippen LogP contribution in [0.4, 0.5) is 0 Å². The van der Waals surface area contributed by atoms with Crippen molar-refractivity contribution in [1.29, 1.82) is 0 Å². The minimum absolute atomic E-state index is 0.838. The normalized spacial score (nSPS) is 10.7. The van der Waals surface area contributed by atoms with E-state index in [9.17, 15) is 0 Å². The van der Waals surface area contributed by atoms with E-state index >= 15 is 0 Å². The van der Waals surface area contributed by atoms with Crippen LogP contribution in [0.5, 0.6) is 0 Å². The minimum atomic E-state index is 0.838. The van der Waals surface area contributed by atoms with Crippen LogP contribution in [0.1, 0.15) is 11.5 Å². The Balaban J connectivity index is 2.59. The molecule has 0 unspecified atom stereocenters. The van der Waals surface area contributed by atoms with Gasteiger partial charge in [0.15, 0.2) is 5.82 Å². The van der Waals surface area contributed by atoms with E-state index < -0.39 is 0 Å². The summed E-state index contributed by atoms with van der Waals surface area (Å²) in [6.45, 7) is 3.84. The Bertz CT molecular complexity index is 430. The van der Waals surface area contributed by atoms with Gasteiger partial charge in [-0.1, -0.05) is 4.49 Å². The van der Waals surface area contributed by atoms with Gasteiger partial charge in [-0.15, -0.1) is 15.3 Å². The predicted octanol–water partition coefficient (Wildman–Crippen LogP) is 0.950. The second-order valence-corrected chi connectivity index (χ2v) is 3.57. The van der Waals surface area contributed by atoms with Crippen LogP contribution < -0.4 is 0 Å². The van der Waals surface area contributed by atoms with E-state index in [0.29, 0.717) is 0 Å². The first-order valence-corrected chi connectivity index (χ1v) is 4.63. The summed E-state index contributed by atoms with van der Waals surface area (Å²) in [6.07, 6.45) is 0. The van der Waals surface area contributed by atoms with Crippen molar-refractivity contribution in [3.63, 3.8) is 0 Å². The van der Waals surface area contributed by atoms with Crippen molar-refractivity contribution in [1.82, 2.24) is 24.4 Å². The number of rotatable bonds is 1. The molecule has 13 heavy (non-hydrogen) atoms. The highest BCUT2D eigenvalue weighted by atomic mass is 32.1. The highest BCUT2D eigenvalue weighted by Crippen LogP contribution is 2.22. The first-order chi connectivity index (χ1) is 6.20. The molecule has 0 N–H and O–H groups in total. The maximum absolute atomic E-state index is 4.06. The lowest BCUT2D eigenvalue weighted by molar-refractivity contribution is 0.865. The Morgan fingerprint density at radius 1 is 1.15 bits per heavy atom. The quantitative estimate of drug-likeness (QED) is 0.679. The molecule has 6 heteroatoms. The molecule has 0 aliphatic heterocycles. The Morgan fingerprint density at radius 2 is 1.92 bits per heavy atom. The number of aromatic nitrogens is 5. The molecular formula is C7H9N5S. The fraction of sp³-hybridized carbons (Fsp3) is 0.429. The van der Waals surface area contributed by atoms with Crippen LogP contribution in [0, 0.1) is 13.8 Å². The topological polar surface area (TPSA) is 56.5 Å². The minimum Gasteiger partial charge on any atom is -0.314 e. The van der Waals surface area contributed by atoms with Crippen LogP contribution in [0.3, 0.4) is 0 Å². The third-order valence-corrected chi connectivity index (χ3v) is 2.77. The summed E-state index contributed by atoms with van der Waals surface area (Å²) < 4.78 is 5.79. The second-order valence-electron chi connectivity index (χ2n) is 2.82. The van der Waals surface area contributed by atoms with Crippen LogP contribution in [-0.4, -0.2) is 24.4 Å². The number of nitrogens with zero attached hydrogens (tertiary/aromatic N) is 5. The Labute approximate surface area is 79.6 Å². The van der Waals surface area contributed by atoms with Crippen LogP contribution >= 0.6 is 11.5 Å². The van der Waals surface area contributed by atoms with Crippen LogP contribution in [0.25, 0.3) is 10.7 Å². The highest BCUT2D eigenvalue weighted by molar-refractivity contribution is 7.09. The molecule has 2 aromatic heterocycles. The van der Waals surface area contributed by atoms with Gasteiger partial charge in [-0.2, -0.15) is 0 Å². The zero-order valence-electron chi connectivity index (χ0n) is 7.64. The summed E-state index contributed by atoms with van der Waals surface area (Å²) in [5.41, 5.74) is 0.903. The van der Waals surface area contributed by atoms with Crippen LogP contribution in [0.15, 0.2) is 0 Å². The average molecular weight is 195 g/mol. The molecule has 0 aromatic carbocycles. The monoisotopic (exact) mass is 195 g/mol. The molecule has 2 heterocycles. The molecule has 0 saturated carbocycles. The van der Waals surface area contributed by atoms with Gasteiger partial charge in [0.2, 0.25) is 0 Å². The van der Waals surface area contributed by atoms with Crippen molar-refractivity contribution >= 4 is 11.5 Å². The van der Waals surface area contributed by atoms with Crippen molar-refractivity contribution in [2.24, 2.45) is 7.05 Å². The molecular weight excluding hydrogens is 186 g/mol. The van der Waals surface area contributed by atoms with E-state index in [1.54, 1.807) is 0 Å². The highest BCUT2D eigenvalue weighted by Gasteiger charge is 2.13. The van der Waals surface area contributed by atoms with Gasteiger partial charge in [-0.05, 0) is 25.4 Å². The fourth-order valence-electron chi connectivity index (χ4n) is 1.04. The third kappa shape index (κ3) is 1.23. The van der Waals surface area contributed by atoms with Gasteiger partial charge in [-0.25, -0.2) is 0 Å². The van der Waals surface area contributed by atoms with Crippen molar-refractivity contribution in [2.45, 2.75) is 13.8 Å². The lowest BCUT2D eigenvalue weighted by Crippen LogP contribution is -1.94. The molecule has 0 spiro atoms. The Morgan fingerprint density at radius 3 is 2.38 bits per heavy atom. The molecule has 0 radical (unpaired) electrons. The third-order valence-electron chi connectivity index (χ3n) is 1.95. The van der Waals surface area contributed by atoms with Gasteiger partial charge in [-0.3, -0.25) is 0 Å². The van der Waals surface area contributed by atoms with Gasteiger partial charge in [0, 0.05) is 7.05 Å². The molecule has 0 bridgehead atoms. The molecule has 2 rings (SSSR count). The summed E-state index contributed by atoms with van der Waals surface area (Å²) in [4.78, 5) is 0.989. The number of hydrogen-bond acceptors (Lipinski definition) is 5. The van der Waals surface area contributed by atoms with E-state index in [-0.39, 0.29) is 0 Å². The van der Waals surface area contributed by atoms with Crippen molar-refractivity contribution < 1.29 is 0 Å². The largest absolute Gasteiger partial charge is 0.314 e. The van der Waals surface area contributed by atoms with Crippen LogP contribution in [0.2, 0.25) is 0 Å². The molecule has 0 fully saturated rings. The van der Waals surface area contributed by atoms with Gasteiger partial charge in [0.05, 0.1) is 5.69 Å². The average Bonchev–Trinajstić information content (AvgIpc) is 2.62. The van der Waals surface area contributed by atoms with Gasteiger partial charge in [0.25, 0.3) is 0 Å². The van der Waals surface area contributed by atoms with E-state index in [4.69, 9.17) is 0 Å². The van der Waals surface area contributed by atoms with Gasteiger partial charge in [0.1, 0.15) is 10.7 Å². The molecule has 5 nitrogen and oxygen atoms in total. The summed E-state index contributed by atoms with van der Waals surface area (Å²) in [5.74, 6) is 1.73. The first-order valence-electron chi connectivity index (χ1n) is 3.85. The summed E-state index contributed by atoms with van der Waals surface area (Å²) in [7, 11) is 1.93. The molecule has 68 valence electrons. The summed E-state index contributed by atoms with van der Waals surface area (Å²) in [6, 6.07) is 0. The zero-order chi connectivity index (χ0) is 9.42. The summed E-state index contributed by atoms with van der Waals surface area (Å²) >= 11 is 1.35. The molecule has 0 saturated heterocycles. The Kier molecular flexibility index (Phi) is 1.84. The molecule has 0 aliphatic carbocycles. The number of aryl methyl sites for hydroxylation is 2. The molecule has 2 aromatic rings. The lowest BCUT2D eigenvalue weighted by Gasteiger charge is -1.97. The van der Waals surface area contributed by atoms with E-state index in [1.807, 2.05) is 25.5 Å². The molecule has 0 amide bonds. The predicted molar refractivity (Wildman–Crippen MR) is 49.4 cm³/mol. The number of hydrogen-bond donors (Lipinski definition) is 0. The lowest BCUT2D eigenvalue weighted by atomic mass is 10.4. The molecule has 0 atom stereocenters. The van der Waals surface area contributed by atoms with Crippen LogP contribution in [-0.2, 0) is 7.05 Å². The van der Waals surface area contributed by atoms with Gasteiger partial charge >= 0.3 is 0 Å². The maximum Gasteiger partial charge on any atom is 0.177 e. The zero-order valence-corrected chi connectivity index (χ0v) is 8.46. The van der Waals surface area contributed by atoms with E-state index in [0.717, 1.165) is 22.2 Å².